The number of esters is 2. The third-order valence-corrected chi connectivity index (χ3v) is 5.78. The molecule has 1 aliphatic rings. The lowest BCUT2D eigenvalue weighted by Gasteiger charge is -2.35. The maximum Gasteiger partial charge on any atom is 0.324 e. The van der Waals surface area contributed by atoms with Gasteiger partial charge in [-0.2, -0.15) is 0 Å². The van der Waals surface area contributed by atoms with Gasteiger partial charge in [-0.05, 0) is 23.3 Å². The molecule has 3 aromatic rings. The van der Waals surface area contributed by atoms with Crippen LogP contribution in [0.25, 0.3) is 0 Å². The summed E-state index contributed by atoms with van der Waals surface area (Å²) in [4.78, 5) is 30.1. The molecule has 166 valence electrons. The Bertz CT molecular complexity index is 1140. The summed E-state index contributed by atoms with van der Waals surface area (Å²) >= 11 is 0. The van der Waals surface area contributed by atoms with Gasteiger partial charge in [-0.25, -0.2) is 9.30 Å². The number of rotatable bonds is 5. The molecule has 0 spiro atoms. The number of aromatic nitrogens is 3. The van der Waals surface area contributed by atoms with Crippen molar-refractivity contribution >= 4 is 11.9 Å². The lowest BCUT2D eigenvalue weighted by atomic mass is 9.84. The fourth-order valence-corrected chi connectivity index (χ4v) is 4.12. The predicted molar refractivity (Wildman–Crippen MR) is 114 cm³/mol. The molecule has 0 aliphatic carbocycles. The van der Waals surface area contributed by atoms with Crippen molar-refractivity contribution in [3.05, 3.63) is 88.4 Å². The maximum atomic E-state index is 13.4. The topological polar surface area (TPSA) is 97.4 Å². The van der Waals surface area contributed by atoms with Gasteiger partial charge in [0, 0.05) is 40.1 Å². The SMILES string of the molecule is Cc1c(C)[n+]([O-])c([C@H](c2ccncc2)C2C(=O)OC(C)(C)OC2=O)n1Cc1ccccc1. The number of imidazole rings is 1. The van der Waals surface area contributed by atoms with Gasteiger partial charge in [0.1, 0.15) is 23.9 Å². The molecule has 8 nitrogen and oxygen atoms in total. The minimum absolute atomic E-state index is 0.272. The molecule has 3 heterocycles. The number of nitrogens with zero attached hydrogens (tertiary/aromatic N) is 3. The largest absolute Gasteiger partial charge is 0.711 e. The van der Waals surface area contributed by atoms with Gasteiger partial charge in [-0.3, -0.25) is 14.6 Å². The van der Waals surface area contributed by atoms with Crippen LogP contribution < -0.4 is 4.73 Å². The zero-order valence-corrected chi connectivity index (χ0v) is 18.4. The molecule has 0 radical (unpaired) electrons. The smallest absolute Gasteiger partial charge is 0.324 e. The highest BCUT2D eigenvalue weighted by Gasteiger charge is 2.51. The molecule has 1 aliphatic heterocycles. The van der Waals surface area contributed by atoms with Crippen LogP contribution in [-0.4, -0.2) is 27.3 Å². The van der Waals surface area contributed by atoms with E-state index >= 15 is 0 Å². The Morgan fingerprint density at radius 2 is 1.66 bits per heavy atom. The third-order valence-electron chi connectivity index (χ3n) is 5.78. The predicted octanol–water partition coefficient (Wildman–Crippen LogP) is 2.77. The molecule has 2 aromatic heterocycles. The molecule has 1 saturated heterocycles. The summed E-state index contributed by atoms with van der Waals surface area (Å²) in [5, 5.41) is 13.4. The highest BCUT2D eigenvalue weighted by atomic mass is 16.7. The first-order valence-corrected chi connectivity index (χ1v) is 10.4. The number of pyridine rings is 1. The number of benzene rings is 1. The number of carbonyl (C=O) groups excluding carboxylic acids is 2. The monoisotopic (exact) mass is 435 g/mol. The Balaban J connectivity index is 1.91. The van der Waals surface area contributed by atoms with Crippen LogP contribution in [0.3, 0.4) is 0 Å². The van der Waals surface area contributed by atoms with E-state index in [1.165, 1.54) is 13.8 Å². The average Bonchev–Trinajstić information content (AvgIpc) is 2.95. The van der Waals surface area contributed by atoms with Gasteiger partial charge >= 0.3 is 11.9 Å². The molecule has 0 saturated carbocycles. The first-order chi connectivity index (χ1) is 15.2. The van der Waals surface area contributed by atoms with Crippen molar-refractivity contribution in [2.45, 2.75) is 45.9 Å². The zero-order chi connectivity index (χ0) is 23.0. The summed E-state index contributed by atoms with van der Waals surface area (Å²) in [6.45, 7) is 6.97. The molecule has 1 aromatic carbocycles. The van der Waals surface area contributed by atoms with E-state index in [-0.39, 0.29) is 5.82 Å². The Labute approximate surface area is 186 Å². The molecular weight excluding hydrogens is 410 g/mol. The minimum Gasteiger partial charge on any atom is -0.711 e. The first kappa shape index (κ1) is 21.5. The second-order valence-corrected chi connectivity index (χ2v) is 8.37. The number of hydrogen-bond donors (Lipinski definition) is 0. The van der Waals surface area contributed by atoms with Crippen molar-refractivity contribution in [3.8, 4) is 0 Å². The van der Waals surface area contributed by atoms with Crippen LogP contribution in [0.5, 0.6) is 0 Å². The lowest BCUT2D eigenvalue weighted by molar-refractivity contribution is -0.621. The van der Waals surface area contributed by atoms with Crippen LogP contribution in [0.1, 0.15) is 48.1 Å². The summed E-state index contributed by atoms with van der Waals surface area (Å²) in [5.74, 6) is -4.78. The Kier molecular flexibility index (Phi) is 5.46. The highest BCUT2D eigenvalue weighted by Crippen LogP contribution is 2.37. The molecule has 1 fully saturated rings. The van der Waals surface area contributed by atoms with Gasteiger partial charge in [0.15, 0.2) is 5.92 Å². The summed E-state index contributed by atoms with van der Waals surface area (Å²) < 4.78 is 13.4. The van der Waals surface area contributed by atoms with E-state index in [4.69, 9.17) is 9.47 Å². The minimum atomic E-state index is -1.36. The maximum absolute atomic E-state index is 13.4. The van der Waals surface area contributed by atoms with Crippen molar-refractivity contribution in [1.29, 1.82) is 0 Å². The fourth-order valence-electron chi connectivity index (χ4n) is 4.12. The summed E-state index contributed by atoms with van der Waals surface area (Å²) in [5.41, 5.74) is 2.81. The van der Waals surface area contributed by atoms with E-state index < -0.39 is 29.6 Å². The van der Waals surface area contributed by atoms with Gasteiger partial charge < -0.3 is 14.7 Å². The standard InChI is InChI=1S/C24H25N3O5/c1-15-16(2)27(30)21(26(15)14-17-8-6-5-7-9-17)19(18-10-12-25-13-11-18)20-22(28)31-24(3,4)32-23(20)29/h5-13,19-20H,14H2,1-4H3/t19-/m1/s1. The molecule has 1 atom stereocenters. The second kappa shape index (κ2) is 8.11. The highest BCUT2D eigenvalue weighted by molar-refractivity contribution is 5.98. The molecule has 0 unspecified atom stereocenters. The molecule has 0 amide bonds. The van der Waals surface area contributed by atoms with E-state index in [1.807, 2.05) is 41.8 Å². The molecule has 0 bridgehead atoms. The molecule has 0 N–H and O–H groups in total. The van der Waals surface area contributed by atoms with E-state index in [0.29, 0.717) is 17.8 Å². The van der Waals surface area contributed by atoms with Crippen LogP contribution in [0.15, 0.2) is 54.9 Å². The van der Waals surface area contributed by atoms with Crippen molar-refractivity contribution in [1.82, 2.24) is 9.55 Å². The van der Waals surface area contributed by atoms with Crippen LogP contribution in [0.2, 0.25) is 0 Å². The average molecular weight is 435 g/mol. The molecule has 8 heteroatoms. The van der Waals surface area contributed by atoms with Crippen LogP contribution in [0.4, 0.5) is 0 Å². The Hall–Kier alpha value is -3.68. The van der Waals surface area contributed by atoms with Crippen LogP contribution in [-0.2, 0) is 25.6 Å². The Morgan fingerprint density at radius 1 is 1.06 bits per heavy atom. The number of ether oxygens (including phenoxy) is 2. The quantitative estimate of drug-likeness (QED) is 0.265. The number of cyclic esters (lactones) is 2. The van der Waals surface area contributed by atoms with E-state index in [9.17, 15) is 14.8 Å². The van der Waals surface area contributed by atoms with Crippen LogP contribution >= 0.6 is 0 Å². The van der Waals surface area contributed by atoms with Crippen LogP contribution in [0, 0.1) is 25.0 Å². The van der Waals surface area contributed by atoms with Crippen molar-refractivity contribution < 1.29 is 23.8 Å². The van der Waals surface area contributed by atoms with Gasteiger partial charge in [0.05, 0.1) is 0 Å². The normalized spacial score (nSPS) is 17.0. The van der Waals surface area contributed by atoms with Gasteiger partial charge in [-0.15, -0.1) is 0 Å². The van der Waals surface area contributed by atoms with E-state index in [1.54, 1.807) is 31.5 Å². The summed E-state index contributed by atoms with van der Waals surface area (Å²) in [6, 6.07) is 13.1. The fraction of sp³-hybridized carbons (Fsp3) is 0.333. The summed E-state index contributed by atoms with van der Waals surface area (Å²) in [6.07, 6.45) is 3.12. The number of carbonyl (C=O) groups is 2. The molecule has 4 rings (SSSR count). The third kappa shape index (κ3) is 3.84. The Morgan fingerprint density at radius 3 is 2.25 bits per heavy atom. The summed E-state index contributed by atoms with van der Waals surface area (Å²) in [7, 11) is 0. The van der Waals surface area contributed by atoms with Crippen molar-refractivity contribution in [2.75, 3.05) is 0 Å². The second-order valence-electron chi connectivity index (χ2n) is 8.37. The van der Waals surface area contributed by atoms with Gasteiger partial charge in [-0.1, -0.05) is 30.3 Å². The lowest BCUT2D eigenvalue weighted by Crippen LogP contribution is -2.50. The molecular formula is C24H25N3O5. The molecule has 32 heavy (non-hydrogen) atoms. The van der Waals surface area contributed by atoms with Gasteiger partial charge in [0.2, 0.25) is 0 Å². The van der Waals surface area contributed by atoms with E-state index in [0.717, 1.165) is 16.0 Å². The van der Waals surface area contributed by atoms with Crippen molar-refractivity contribution in [3.63, 3.8) is 0 Å². The number of hydrogen-bond acceptors (Lipinski definition) is 6. The van der Waals surface area contributed by atoms with E-state index in [2.05, 4.69) is 4.98 Å². The van der Waals surface area contributed by atoms with Gasteiger partial charge in [0.25, 0.3) is 11.6 Å². The first-order valence-electron chi connectivity index (χ1n) is 10.4. The van der Waals surface area contributed by atoms with Crippen molar-refractivity contribution in [2.24, 2.45) is 5.92 Å². The zero-order valence-electron chi connectivity index (χ0n) is 18.4.